The maximum absolute atomic E-state index is 13.8. The van der Waals surface area contributed by atoms with Crippen molar-refractivity contribution in [3.05, 3.63) is 89.6 Å². The van der Waals surface area contributed by atoms with Gasteiger partial charge in [-0.15, -0.1) is 0 Å². The molecule has 0 saturated carbocycles. The Bertz CT molecular complexity index is 1530. The first kappa shape index (κ1) is 20.9. The van der Waals surface area contributed by atoms with Gasteiger partial charge in [0.1, 0.15) is 29.1 Å². The number of benzene rings is 2. The van der Waals surface area contributed by atoms with E-state index < -0.39 is 6.04 Å². The second kappa shape index (κ2) is 7.98. The van der Waals surface area contributed by atoms with Gasteiger partial charge < -0.3 is 9.26 Å². The van der Waals surface area contributed by atoms with Gasteiger partial charge in [0, 0.05) is 46.7 Å². The van der Waals surface area contributed by atoms with E-state index in [4.69, 9.17) is 9.26 Å². The Labute approximate surface area is 200 Å². The molecule has 174 valence electrons. The first-order valence-electron chi connectivity index (χ1n) is 11.1. The molecule has 0 radical (unpaired) electrons. The number of aromatic nitrogens is 5. The Hall–Kier alpha value is -4.66. The standard InChI is InChI=1S/C26H22N6O3/c1-15-19(14-27-31(15)2)23-22-24(29-28-23)26(33)32(25(22)18-6-4-5-7-21(18)34-3)17-10-8-16(9-11-17)20-12-13-35-30-20/h4-14,25H,1-3H3,(H,28,29). The molecule has 3 aromatic heterocycles. The average Bonchev–Trinajstić information content (AvgIpc) is 3.67. The molecular formula is C26H22N6O3. The molecule has 35 heavy (non-hydrogen) atoms. The number of aryl methyl sites for hydroxylation is 1. The third-order valence-corrected chi connectivity index (χ3v) is 6.57. The molecule has 0 saturated heterocycles. The number of hydrogen-bond donors (Lipinski definition) is 1. The minimum atomic E-state index is -0.445. The summed E-state index contributed by atoms with van der Waals surface area (Å²) in [5.41, 5.74) is 7.04. The molecule has 5 aromatic rings. The van der Waals surface area contributed by atoms with Crippen molar-refractivity contribution in [3.8, 4) is 28.3 Å². The van der Waals surface area contributed by atoms with Gasteiger partial charge in [-0.2, -0.15) is 10.2 Å². The van der Waals surface area contributed by atoms with Crippen LogP contribution in [0.2, 0.25) is 0 Å². The molecule has 1 aliphatic heterocycles. The van der Waals surface area contributed by atoms with E-state index in [1.165, 1.54) is 6.26 Å². The number of H-pyrrole nitrogens is 1. The fourth-order valence-corrected chi connectivity index (χ4v) is 4.69. The molecule has 1 unspecified atom stereocenters. The summed E-state index contributed by atoms with van der Waals surface area (Å²) in [6.07, 6.45) is 3.32. The van der Waals surface area contributed by atoms with Gasteiger partial charge in [0.25, 0.3) is 5.91 Å². The molecule has 0 bridgehead atoms. The highest BCUT2D eigenvalue weighted by Gasteiger charge is 2.44. The topological polar surface area (TPSA) is 102 Å². The molecule has 9 nitrogen and oxygen atoms in total. The van der Waals surface area contributed by atoms with Crippen molar-refractivity contribution in [1.29, 1.82) is 0 Å². The van der Waals surface area contributed by atoms with E-state index in [-0.39, 0.29) is 5.91 Å². The van der Waals surface area contributed by atoms with Crippen molar-refractivity contribution in [2.75, 3.05) is 12.0 Å². The molecule has 9 heteroatoms. The van der Waals surface area contributed by atoms with Crippen LogP contribution in [-0.2, 0) is 7.05 Å². The van der Waals surface area contributed by atoms with Crippen molar-refractivity contribution in [2.45, 2.75) is 13.0 Å². The number of amides is 1. The molecule has 4 heterocycles. The molecule has 0 spiro atoms. The summed E-state index contributed by atoms with van der Waals surface area (Å²) in [5, 5.41) is 15.9. The van der Waals surface area contributed by atoms with E-state index in [1.54, 1.807) is 29.0 Å². The number of anilines is 1. The fourth-order valence-electron chi connectivity index (χ4n) is 4.69. The first-order chi connectivity index (χ1) is 17.1. The Kier molecular flexibility index (Phi) is 4.77. The van der Waals surface area contributed by atoms with Crippen LogP contribution in [0, 0.1) is 6.92 Å². The summed E-state index contributed by atoms with van der Waals surface area (Å²) in [7, 11) is 3.52. The first-order valence-corrected chi connectivity index (χ1v) is 11.1. The predicted molar refractivity (Wildman–Crippen MR) is 129 cm³/mol. The van der Waals surface area contributed by atoms with Crippen LogP contribution in [0.25, 0.3) is 22.5 Å². The van der Waals surface area contributed by atoms with E-state index in [0.717, 1.165) is 39.3 Å². The molecule has 2 aromatic carbocycles. The number of hydrogen-bond acceptors (Lipinski definition) is 6. The van der Waals surface area contributed by atoms with Gasteiger partial charge in [0.05, 0.1) is 19.3 Å². The van der Waals surface area contributed by atoms with Crippen molar-refractivity contribution >= 4 is 11.6 Å². The third kappa shape index (κ3) is 3.16. The summed E-state index contributed by atoms with van der Waals surface area (Å²) < 4.78 is 12.5. The molecule has 1 atom stereocenters. The van der Waals surface area contributed by atoms with Crippen LogP contribution < -0.4 is 9.64 Å². The Morgan fingerprint density at radius 1 is 1.09 bits per heavy atom. The van der Waals surface area contributed by atoms with Crippen LogP contribution >= 0.6 is 0 Å². The molecule has 1 aliphatic rings. The highest BCUT2D eigenvalue weighted by atomic mass is 16.5. The summed E-state index contributed by atoms with van der Waals surface area (Å²) in [6.45, 7) is 1.98. The lowest BCUT2D eigenvalue weighted by Gasteiger charge is -2.27. The number of para-hydroxylation sites is 1. The van der Waals surface area contributed by atoms with Crippen LogP contribution in [0.15, 0.2) is 71.6 Å². The van der Waals surface area contributed by atoms with Crippen molar-refractivity contribution < 1.29 is 14.1 Å². The number of nitrogens with zero attached hydrogens (tertiary/aromatic N) is 5. The zero-order valence-corrected chi connectivity index (χ0v) is 19.4. The number of nitrogens with one attached hydrogen (secondary N) is 1. The lowest BCUT2D eigenvalue weighted by atomic mass is 9.95. The number of carbonyl (C=O) groups excluding carboxylic acids is 1. The highest BCUT2D eigenvalue weighted by Crippen LogP contribution is 2.47. The highest BCUT2D eigenvalue weighted by molar-refractivity contribution is 6.12. The minimum Gasteiger partial charge on any atom is -0.496 e. The van der Waals surface area contributed by atoms with E-state index in [1.807, 2.05) is 62.5 Å². The van der Waals surface area contributed by atoms with E-state index >= 15 is 0 Å². The maximum atomic E-state index is 13.8. The Morgan fingerprint density at radius 2 is 1.89 bits per heavy atom. The second-order valence-corrected chi connectivity index (χ2v) is 8.38. The predicted octanol–water partition coefficient (Wildman–Crippen LogP) is 4.53. The van der Waals surface area contributed by atoms with Gasteiger partial charge >= 0.3 is 0 Å². The second-order valence-electron chi connectivity index (χ2n) is 8.38. The van der Waals surface area contributed by atoms with E-state index in [9.17, 15) is 4.79 Å². The number of ether oxygens (including phenoxy) is 1. The van der Waals surface area contributed by atoms with Crippen LogP contribution in [-0.4, -0.2) is 38.2 Å². The van der Waals surface area contributed by atoms with Gasteiger partial charge in [-0.25, -0.2) is 0 Å². The summed E-state index contributed by atoms with van der Waals surface area (Å²) >= 11 is 0. The fraction of sp³-hybridized carbons (Fsp3) is 0.154. The Morgan fingerprint density at radius 3 is 2.57 bits per heavy atom. The number of carbonyl (C=O) groups is 1. The normalized spacial score (nSPS) is 15.0. The monoisotopic (exact) mass is 466 g/mol. The number of rotatable bonds is 5. The lowest BCUT2D eigenvalue weighted by Crippen LogP contribution is -2.29. The molecule has 1 amide bonds. The molecule has 6 rings (SSSR count). The smallest absolute Gasteiger partial charge is 0.277 e. The summed E-state index contributed by atoms with van der Waals surface area (Å²) in [4.78, 5) is 15.6. The molecule has 0 aliphatic carbocycles. The lowest BCUT2D eigenvalue weighted by molar-refractivity contribution is 0.0988. The van der Waals surface area contributed by atoms with Crippen molar-refractivity contribution in [3.63, 3.8) is 0 Å². The molecule has 0 fully saturated rings. The summed E-state index contributed by atoms with van der Waals surface area (Å²) in [5.74, 6) is 0.530. The zero-order chi connectivity index (χ0) is 24.1. The summed E-state index contributed by atoms with van der Waals surface area (Å²) in [6, 6.07) is 16.8. The van der Waals surface area contributed by atoms with Crippen molar-refractivity contribution in [1.82, 2.24) is 25.1 Å². The third-order valence-electron chi connectivity index (χ3n) is 6.57. The van der Waals surface area contributed by atoms with Crippen LogP contribution in [0.4, 0.5) is 5.69 Å². The van der Waals surface area contributed by atoms with Gasteiger partial charge in [0.15, 0.2) is 0 Å². The van der Waals surface area contributed by atoms with Gasteiger partial charge in [-0.1, -0.05) is 35.5 Å². The van der Waals surface area contributed by atoms with Crippen LogP contribution in [0.1, 0.15) is 33.4 Å². The maximum Gasteiger partial charge on any atom is 0.277 e. The van der Waals surface area contributed by atoms with Gasteiger partial charge in [0.2, 0.25) is 0 Å². The van der Waals surface area contributed by atoms with Gasteiger partial charge in [-0.05, 0) is 25.1 Å². The quantitative estimate of drug-likeness (QED) is 0.408. The number of aromatic amines is 1. The largest absolute Gasteiger partial charge is 0.496 e. The number of fused-ring (bicyclic) bond motifs is 1. The zero-order valence-electron chi connectivity index (χ0n) is 19.4. The minimum absolute atomic E-state index is 0.162. The van der Waals surface area contributed by atoms with Gasteiger partial charge in [-0.3, -0.25) is 19.5 Å². The number of methoxy groups -OCH3 is 1. The van der Waals surface area contributed by atoms with Crippen LogP contribution in [0.3, 0.4) is 0 Å². The molecule has 1 N–H and O–H groups in total. The Balaban J connectivity index is 1.53. The van der Waals surface area contributed by atoms with E-state index in [0.29, 0.717) is 17.1 Å². The van der Waals surface area contributed by atoms with Crippen LogP contribution in [0.5, 0.6) is 5.75 Å². The van der Waals surface area contributed by atoms with E-state index in [2.05, 4.69) is 20.5 Å². The average molecular weight is 467 g/mol. The SMILES string of the molecule is COc1ccccc1C1c2c(-c3cnn(C)c3C)n[nH]c2C(=O)N1c1ccc(-c2ccon2)cc1. The van der Waals surface area contributed by atoms with Crippen molar-refractivity contribution in [2.24, 2.45) is 7.05 Å². The molecular weight excluding hydrogens is 444 g/mol.